The zero-order valence-electron chi connectivity index (χ0n) is 24.1. The number of aryl methyl sites for hydroxylation is 1. The molecule has 40 heavy (non-hydrogen) atoms. The highest BCUT2D eigenvalue weighted by Gasteiger charge is 2.32. The third-order valence-corrected chi connectivity index (χ3v) is 9.02. The van der Waals surface area contributed by atoms with E-state index in [0.717, 1.165) is 45.6 Å². The van der Waals surface area contributed by atoms with E-state index in [1.54, 1.807) is 0 Å². The van der Waals surface area contributed by atoms with E-state index < -0.39 is 0 Å². The van der Waals surface area contributed by atoms with Gasteiger partial charge in [-0.3, -0.25) is 9.36 Å². The van der Waals surface area contributed by atoms with E-state index in [2.05, 4.69) is 77.9 Å². The predicted molar refractivity (Wildman–Crippen MR) is 165 cm³/mol. The maximum absolute atomic E-state index is 14.2. The van der Waals surface area contributed by atoms with E-state index in [-0.39, 0.29) is 22.4 Å². The third-order valence-electron chi connectivity index (χ3n) is 8.03. The Bertz CT molecular complexity index is 1810. The van der Waals surface area contributed by atoms with Gasteiger partial charge in [0.25, 0.3) is 5.56 Å². The molecule has 1 aliphatic carbocycles. The van der Waals surface area contributed by atoms with Gasteiger partial charge in [-0.05, 0) is 64.1 Å². The number of aromatic hydroxyl groups is 1. The fourth-order valence-corrected chi connectivity index (χ4v) is 6.99. The number of fused-ring (bicyclic) bond motifs is 3. The first-order chi connectivity index (χ1) is 18.9. The second kappa shape index (κ2) is 9.45. The van der Waals surface area contributed by atoms with E-state index in [9.17, 15) is 9.90 Å². The van der Waals surface area contributed by atoms with Crippen LogP contribution in [0.5, 0.6) is 5.75 Å². The van der Waals surface area contributed by atoms with Gasteiger partial charge in [-0.2, -0.15) is 0 Å². The molecule has 3 aromatic carbocycles. The molecule has 6 rings (SSSR count). The van der Waals surface area contributed by atoms with Crippen molar-refractivity contribution in [3.8, 4) is 5.75 Å². The van der Waals surface area contributed by atoms with Gasteiger partial charge in [0.2, 0.25) is 0 Å². The van der Waals surface area contributed by atoms with Gasteiger partial charge >= 0.3 is 0 Å². The highest BCUT2D eigenvalue weighted by molar-refractivity contribution is 7.07. The van der Waals surface area contributed by atoms with Crippen LogP contribution < -0.4 is 14.9 Å². The molecule has 1 atom stereocenters. The first-order valence-corrected chi connectivity index (χ1v) is 14.8. The monoisotopic (exact) mass is 548 g/mol. The molecule has 0 radical (unpaired) electrons. The summed E-state index contributed by atoms with van der Waals surface area (Å²) in [5, 5.41) is 11.2. The van der Waals surface area contributed by atoms with Crippen LogP contribution in [0.25, 0.3) is 11.8 Å². The minimum absolute atomic E-state index is 0.0225. The van der Waals surface area contributed by atoms with Crippen molar-refractivity contribution in [2.24, 2.45) is 4.99 Å². The number of benzene rings is 3. The van der Waals surface area contributed by atoms with Crippen molar-refractivity contribution < 1.29 is 5.11 Å². The molecule has 5 heteroatoms. The number of allylic oxidation sites excluding steroid dienone is 1. The molecular weight excluding hydrogens is 512 g/mol. The Kier molecular flexibility index (Phi) is 6.26. The first kappa shape index (κ1) is 26.5. The molecule has 1 N–H and O–H groups in total. The number of phenolic OH excluding ortho intramolecular Hbond substituents is 1. The van der Waals surface area contributed by atoms with Crippen molar-refractivity contribution in [2.45, 2.75) is 71.3 Å². The molecule has 204 valence electrons. The molecule has 0 spiro atoms. The Morgan fingerprint density at radius 2 is 1.52 bits per heavy atom. The van der Waals surface area contributed by atoms with Crippen LogP contribution in [0.2, 0.25) is 0 Å². The quantitative estimate of drug-likeness (QED) is 0.306. The summed E-state index contributed by atoms with van der Waals surface area (Å²) in [6, 6.07) is 22.7. The summed E-state index contributed by atoms with van der Waals surface area (Å²) in [5.74, 6) is 0.342. The second-order valence-electron chi connectivity index (χ2n) is 13.0. The van der Waals surface area contributed by atoms with Gasteiger partial charge in [0.15, 0.2) is 4.80 Å². The number of phenols is 1. The lowest BCUT2D eigenvalue weighted by molar-refractivity contribution is 0.423. The highest BCUT2D eigenvalue weighted by Crippen LogP contribution is 2.42. The van der Waals surface area contributed by atoms with Crippen LogP contribution in [0.3, 0.4) is 0 Å². The zero-order valence-corrected chi connectivity index (χ0v) is 24.9. The van der Waals surface area contributed by atoms with E-state index in [1.165, 1.54) is 28.0 Å². The summed E-state index contributed by atoms with van der Waals surface area (Å²) in [5.41, 5.74) is 7.97. The number of rotatable bonds is 2. The van der Waals surface area contributed by atoms with Crippen molar-refractivity contribution in [3.05, 3.63) is 125 Å². The number of hydrogen-bond donors (Lipinski definition) is 1. The molecule has 0 amide bonds. The first-order valence-electron chi connectivity index (χ1n) is 14.0. The molecule has 1 aliphatic heterocycles. The molecule has 1 aromatic heterocycles. The maximum atomic E-state index is 14.2. The van der Waals surface area contributed by atoms with E-state index in [0.29, 0.717) is 10.3 Å². The van der Waals surface area contributed by atoms with Gasteiger partial charge in [-0.15, -0.1) is 0 Å². The highest BCUT2D eigenvalue weighted by atomic mass is 32.1. The van der Waals surface area contributed by atoms with Gasteiger partial charge in [0, 0.05) is 16.7 Å². The molecule has 0 saturated carbocycles. The normalized spacial score (nSPS) is 17.2. The van der Waals surface area contributed by atoms with Crippen LogP contribution in [0, 0.1) is 0 Å². The Morgan fingerprint density at radius 3 is 2.17 bits per heavy atom. The summed E-state index contributed by atoms with van der Waals surface area (Å²) in [4.78, 5) is 20.0. The smallest absolute Gasteiger partial charge is 0.271 e. The van der Waals surface area contributed by atoms with Crippen molar-refractivity contribution in [1.29, 1.82) is 0 Å². The standard InChI is InChI=1S/C35H36N2O2S/c1-34(2,3)26-18-21(19-27(31(26)38)35(4,5)6)20-28-32(39)37-30(23-13-8-7-9-14-23)25-17-16-22-12-10-11-15-24(22)29(25)36-33(37)40-28/h7-15,18-20,30,38H,16-17H2,1-6H3/b28-20-/t30-/m1/s1. The number of aromatic nitrogens is 1. The topological polar surface area (TPSA) is 54.6 Å². The Hall–Kier alpha value is -3.70. The van der Waals surface area contributed by atoms with Crippen LogP contribution >= 0.6 is 11.3 Å². The summed E-state index contributed by atoms with van der Waals surface area (Å²) >= 11 is 1.45. The van der Waals surface area contributed by atoms with Crippen LogP contribution in [0.15, 0.2) is 82.1 Å². The van der Waals surface area contributed by atoms with Crippen LogP contribution in [-0.2, 0) is 17.3 Å². The molecule has 0 unspecified atom stereocenters. The Labute approximate surface area is 239 Å². The number of hydrogen-bond acceptors (Lipinski definition) is 4. The summed E-state index contributed by atoms with van der Waals surface area (Å²) in [6.45, 7) is 12.6. The van der Waals surface area contributed by atoms with E-state index in [4.69, 9.17) is 4.99 Å². The maximum Gasteiger partial charge on any atom is 0.271 e. The van der Waals surface area contributed by atoms with Gasteiger partial charge in [-0.1, -0.05) is 107 Å². The fraction of sp³-hybridized carbons (Fsp3) is 0.314. The van der Waals surface area contributed by atoms with Crippen molar-refractivity contribution in [3.63, 3.8) is 0 Å². The van der Waals surface area contributed by atoms with Gasteiger partial charge in [0.05, 0.1) is 16.3 Å². The van der Waals surface area contributed by atoms with E-state index in [1.807, 2.05) is 41.0 Å². The summed E-state index contributed by atoms with van der Waals surface area (Å²) in [7, 11) is 0. The lowest BCUT2D eigenvalue weighted by Gasteiger charge is -2.30. The average Bonchev–Trinajstić information content (AvgIpc) is 3.21. The summed E-state index contributed by atoms with van der Waals surface area (Å²) in [6.07, 6.45) is 3.80. The lowest BCUT2D eigenvalue weighted by Crippen LogP contribution is -2.38. The SMILES string of the molecule is CC(C)(C)c1cc(/C=c2\sc3n(c2=O)[C@H](c2ccccc2)C2=C(N=3)c3ccccc3CC2)cc(C(C)(C)C)c1O. The van der Waals surface area contributed by atoms with Gasteiger partial charge in [0.1, 0.15) is 5.75 Å². The number of nitrogens with zero attached hydrogens (tertiary/aromatic N) is 2. The third kappa shape index (κ3) is 4.46. The van der Waals surface area contributed by atoms with Crippen LogP contribution in [-0.4, -0.2) is 9.67 Å². The zero-order chi connectivity index (χ0) is 28.4. The largest absolute Gasteiger partial charge is 0.507 e. The molecular formula is C35H36N2O2S. The van der Waals surface area contributed by atoms with Crippen molar-refractivity contribution in [1.82, 2.24) is 4.57 Å². The van der Waals surface area contributed by atoms with Crippen molar-refractivity contribution >= 4 is 23.1 Å². The number of thiazole rings is 1. The minimum Gasteiger partial charge on any atom is -0.507 e. The van der Waals surface area contributed by atoms with Crippen LogP contribution in [0.4, 0.5) is 0 Å². The fourth-order valence-electron chi connectivity index (χ4n) is 5.99. The lowest BCUT2D eigenvalue weighted by atomic mass is 9.78. The molecule has 4 nitrogen and oxygen atoms in total. The predicted octanol–water partition coefficient (Wildman–Crippen LogP) is 6.62. The summed E-state index contributed by atoms with van der Waals surface area (Å²) < 4.78 is 2.55. The molecule has 0 bridgehead atoms. The molecule has 0 fully saturated rings. The Balaban J connectivity index is 1.61. The molecule has 2 heterocycles. The van der Waals surface area contributed by atoms with Gasteiger partial charge < -0.3 is 5.11 Å². The van der Waals surface area contributed by atoms with Crippen molar-refractivity contribution in [2.75, 3.05) is 0 Å². The van der Waals surface area contributed by atoms with Gasteiger partial charge in [-0.25, -0.2) is 4.99 Å². The minimum atomic E-state index is -0.248. The second-order valence-corrected chi connectivity index (χ2v) is 14.0. The van der Waals surface area contributed by atoms with Crippen LogP contribution in [0.1, 0.15) is 87.4 Å². The molecule has 4 aromatic rings. The molecule has 2 aliphatic rings. The van der Waals surface area contributed by atoms with E-state index >= 15 is 0 Å². The average molecular weight is 549 g/mol. The Morgan fingerprint density at radius 1 is 0.900 bits per heavy atom. The molecule has 0 saturated heterocycles.